The molecule has 0 saturated carbocycles. The summed E-state index contributed by atoms with van der Waals surface area (Å²) in [5.41, 5.74) is 0.887. The van der Waals surface area contributed by atoms with Gasteiger partial charge in [0, 0.05) is 6.08 Å². The Kier molecular flexibility index (Phi) is 5.88. The van der Waals surface area contributed by atoms with Crippen LogP contribution in [0.2, 0.25) is 0 Å². The molecular formula is C11H18O3. The van der Waals surface area contributed by atoms with Crippen molar-refractivity contribution < 1.29 is 14.6 Å². The van der Waals surface area contributed by atoms with E-state index in [4.69, 9.17) is 9.84 Å². The van der Waals surface area contributed by atoms with Crippen molar-refractivity contribution in [3.8, 4) is 0 Å². The van der Waals surface area contributed by atoms with Crippen molar-refractivity contribution in [1.82, 2.24) is 0 Å². The second kappa shape index (κ2) is 6.38. The van der Waals surface area contributed by atoms with Crippen LogP contribution >= 0.6 is 0 Å². The Morgan fingerprint density at radius 2 is 2.07 bits per heavy atom. The molecule has 3 heteroatoms. The van der Waals surface area contributed by atoms with Gasteiger partial charge in [0.05, 0.1) is 6.10 Å². The summed E-state index contributed by atoms with van der Waals surface area (Å²) in [4.78, 5) is 11.0. The van der Waals surface area contributed by atoms with Gasteiger partial charge in [-0.15, -0.1) is 0 Å². The van der Waals surface area contributed by atoms with E-state index < -0.39 is 6.10 Å². The lowest BCUT2D eigenvalue weighted by molar-refractivity contribution is -0.133. The first-order chi connectivity index (χ1) is 6.47. The molecule has 1 unspecified atom stereocenters. The molecule has 1 N–H and O–H groups in total. The first kappa shape index (κ1) is 12.9. The molecule has 0 aliphatic heterocycles. The fourth-order valence-electron chi connectivity index (χ4n) is 0.995. The van der Waals surface area contributed by atoms with Gasteiger partial charge in [0.25, 0.3) is 0 Å². The Labute approximate surface area is 85.1 Å². The van der Waals surface area contributed by atoms with E-state index in [2.05, 4.69) is 0 Å². The Hall–Kier alpha value is -1.09. The summed E-state index contributed by atoms with van der Waals surface area (Å²) in [6, 6.07) is 0. The Morgan fingerprint density at radius 1 is 1.50 bits per heavy atom. The molecule has 1 atom stereocenters. The first-order valence-electron chi connectivity index (χ1n) is 4.66. The average molecular weight is 198 g/mol. The topological polar surface area (TPSA) is 46.5 Å². The Bertz CT molecular complexity index is 249. The van der Waals surface area contributed by atoms with Gasteiger partial charge in [-0.2, -0.15) is 0 Å². The van der Waals surface area contributed by atoms with Gasteiger partial charge in [-0.3, -0.25) is 0 Å². The maximum atomic E-state index is 11.0. The molecule has 0 aromatic carbocycles. The zero-order valence-electron chi connectivity index (χ0n) is 9.20. The molecule has 0 aliphatic carbocycles. The number of hydrogen-bond donors (Lipinski definition) is 1. The van der Waals surface area contributed by atoms with E-state index in [1.807, 2.05) is 6.92 Å². The van der Waals surface area contributed by atoms with E-state index in [0.29, 0.717) is 12.2 Å². The van der Waals surface area contributed by atoms with Gasteiger partial charge in [-0.1, -0.05) is 6.08 Å². The van der Waals surface area contributed by atoms with Crippen molar-refractivity contribution in [1.29, 1.82) is 0 Å². The number of aliphatic hydroxyl groups is 1. The SMILES string of the molecule is CC=CC(=O)OC(C)=C(C)CC(C)O. The number of hydrogen-bond acceptors (Lipinski definition) is 3. The standard InChI is InChI=1S/C11H18O3/c1-5-6-11(13)14-10(4)8(2)7-9(3)12/h5-6,9,12H,7H2,1-4H3. The van der Waals surface area contributed by atoms with E-state index in [9.17, 15) is 4.79 Å². The van der Waals surface area contributed by atoms with Crippen molar-refractivity contribution in [3.05, 3.63) is 23.5 Å². The molecule has 0 saturated heterocycles. The lowest BCUT2D eigenvalue weighted by Gasteiger charge is -2.08. The highest BCUT2D eigenvalue weighted by Gasteiger charge is 2.05. The minimum Gasteiger partial charge on any atom is -0.428 e. The third-order valence-corrected chi connectivity index (χ3v) is 1.76. The van der Waals surface area contributed by atoms with Gasteiger partial charge in [-0.25, -0.2) is 4.79 Å². The van der Waals surface area contributed by atoms with Gasteiger partial charge in [-0.05, 0) is 39.7 Å². The molecule has 14 heavy (non-hydrogen) atoms. The van der Waals surface area contributed by atoms with Crippen molar-refractivity contribution in [2.75, 3.05) is 0 Å². The number of aliphatic hydroxyl groups excluding tert-OH is 1. The zero-order chi connectivity index (χ0) is 11.1. The number of esters is 1. The second-order valence-electron chi connectivity index (χ2n) is 3.31. The van der Waals surface area contributed by atoms with Crippen molar-refractivity contribution in [3.63, 3.8) is 0 Å². The molecule has 0 spiro atoms. The zero-order valence-corrected chi connectivity index (χ0v) is 9.20. The quantitative estimate of drug-likeness (QED) is 0.428. The summed E-state index contributed by atoms with van der Waals surface area (Å²) in [5, 5.41) is 9.12. The summed E-state index contributed by atoms with van der Waals surface area (Å²) < 4.78 is 5.00. The van der Waals surface area contributed by atoms with Crippen LogP contribution in [0.15, 0.2) is 23.5 Å². The molecule has 0 aliphatic rings. The predicted octanol–water partition coefficient (Wildman–Crippen LogP) is 2.17. The third kappa shape index (κ3) is 5.54. The molecule has 0 rings (SSSR count). The molecule has 0 fully saturated rings. The molecule has 80 valence electrons. The number of ether oxygens (including phenoxy) is 1. The summed E-state index contributed by atoms with van der Waals surface area (Å²) in [7, 11) is 0. The highest BCUT2D eigenvalue weighted by Crippen LogP contribution is 2.11. The Balaban J connectivity index is 4.29. The van der Waals surface area contributed by atoms with Crippen LogP contribution in [0.1, 0.15) is 34.1 Å². The monoisotopic (exact) mass is 198 g/mol. The smallest absolute Gasteiger partial charge is 0.335 e. The normalized spacial score (nSPS) is 15.2. The lowest BCUT2D eigenvalue weighted by atomic mass is 10.1. The molecule has 0 aromatic heterocycles. The third-order valence-electron chi connectivity index (χ3n) is 1.76. The number of carbonyl (C=O) groups excluding carboxylic acids is 1. The van der Waals surface area contributed by atoms with E-state index in [0.717, 1.165) is 5.57 Å². The second-order valence-corrected chi connectivity index (χ2v) is 3.31. The van der Waals surface area contributed by atoms with Crippen LogP contribution in [0.5, 0.6) is 0 Å². The van der Waals surface area contributed by atoms with Gasteiger partial charge in [0.1, 0.15) is 5.76 Å². The van der Waals surface area contributed by atoms with E-state index in [1.165, 1.54) is 6.08 Å². The van der Waals surface area contributed by atoms with E-state index in [-0.39, 0.29) is 5.97 Å². The van der Waals surface area contributed by atoms with Crippen LogP contribution in [-0.2, 0) is 9.53 Å². The van der Waals surface area contributed by atoms with Gasteiger partial charge in [0.15, 0.2) is 0 Å². The minimum absolute atomic E-state index is 0.380. The summed E-state index contributed by atoms with van der Waals surface area (Å²) >= 11 is 0. The van der Waals surface area contributed by atoms with Crippen LogP contribution < -0.4 is 0 Å². The molecule has 0 heterocycles. The fourth-order valence-corrected chi connectivity index (χ4v) is 0.995. The van der Waals surface area contributed by atoms with Gasteiger partial charge < -0.3 is 9.84 Å². The number of allylic oxidation sites excluding steroid dienone is 2. The molecule has 0 amide bonds. The van der Waals surface area contributed by atoms with Crippen LogP contribution in [0.4, 0.5) is 0 Å². The van der Waals surface area contributed by atoms with Crippen molar-refractivity contribution in [2.24, 2.45) is 0 Å². The van der Waals surface area contributed by atoms with Crippen molar-refractivity contribution in [2.45, 2.75) is 40.2 Å². The highest BCUT2D eigenvalue weighted by atomic mass is 16.5. The molecule has 3 nitrogen and oxygen atoms in total. The van der Waals surface area contributed by atoms with Crippen LogP contribution in [-0.4, -0.2) is 17.2 Å². The van der Waals surface area contributed by atoms with Gasteiger partial charge >= 0.3 is 5.97 Å². The maximum absolute atomic E-state index is 11.0. The predicted molar refractivity (Wildman–Crippen MR) is 55.6 cm³/mol. The summed E-state index contributed by atoms with van der Waals surface area (Å²) in [6.45, 7) is 7.01. The molecule has 0 bridgehead atoms. The lowest BCUT2D eigenvalue weighted by Crippen LogP contribution is -2.05. The maximum Gasteiger partial charge on any atom is 0.335 e. The van der Waals surface area contributed by atoms with Crippen molar-refractivity contribution >= 4 is 5.97 Å². The molecule has 0 radical (unpaired) electrons. The summed E-state index contributed by atoms with van der Waals surface area (Å²) in [6.07, 6.45) is 3.10. The van der Waals surface area contributed by atoms with Crippen LogP contribution in [0.3, 0.4) is 0 Å². The minimum atomic E-state index is -0.412. The summed E-state index contributed by atoms with van der Waals surface area (Å²) in [5.74, 6) is 0.184. The first-order valence-corrected chi connectivity index (χ1v) is 4.66. The Morgan fingerprint density at radius 3 is 2.50 bits per heavy atom. The number of carbonyl (C=O) groups is 1. The van der Waals surface area contributed by atoms with E-state index >= 15 is 0 Å². The number of rotatable bonds is 4. The molecular weight excluding hydrogens is 180 g/mol. The van der Waals surface area contributed by atoms with Crippen LogP contribution in [0, 0.1) is 0 Å². The van der Waals surface area contributed by atoms with E-state index in [1.54, 1.807) is 26.8 Å². The molecule has 0 aromatic rings. The average Bonchev–Trinajstić information content (AvgIpc) is 2.02. The largest absolute Gasteiger partial charge is 0.428 e. The van der Waals surface area contributed by atoms with Gasteiger partial charge in [0.2, 0.25) is 0 Å². The van der Waals surface area contributed by atoms with Crippen LogP contribution in [0.25, 0.3) is 0 Å². The fraction of sp³-hybridized carbons (Fsp3) is 0.545. The highest BCUT2D eigenvalue weighted by molar-refractivity contribution is 5.82.